The van der Waals surface area contributed by atoms with Gasteiger partial charge in [-0.1, -0.05) is 50.2 Å². The molecule has 276 valence electrons. The third-order valence-electron chi connectivity index (χ3n) is 11.3. The van der Waals surface area contributed by atoms with Gasteiger partial charge in [-0.2, -0.15) is 0 Å². The smallest absolute Gasteiger partial charge is 0.351 e. The molecule has 0 saturated carbocycles. The van der Waals surface area contributed by atoms with Gasteiger partial charge in [-0.3, -0.25) is 14.5 Å². The minimum absolute atomic E-state index is 0.0522. The van der Waals surface area contributed by atoms with E-state index in [-0.39, 0.29) is 23.9 Å². The molecule has 51 heavy (non-hydrogen) atoms. The lowest BCUT2D eigenvalue weighted by molar-refractivity contribution is -0.138. The molecule has 12 nitrogen and oxygen atoms in total. The van der Waals surface area contributed by atoms with Crippen molar-refractivity contribution in [3.05, 3.63) is 64.7 Å². The molecule has 0 unspecified atom stereocenters. The Morgan fingerprint density at radius 1 is 0.824 bits per heavy atom. The zero-order valence-corrected chi connectivity index (χ0v) is 30.6. The van der Waals surface area contributed by atoms with Crippen LogP contribution in [-0.2, 0) is 40.1 Å². The zero-order chi connectivity index (χ0) is 35.9. The second-order valence-corrected chi connectivity index (χ2v) is 14.4. The predicted octanol–water partition coefficient (Wildman–Crippen LogP) is 4.07. The molecule has 2 aromatic carbocycles. The number of anilines is 1. The Morgan fingerprint density at radius 2 is 1.51 bits per heavy atom. The summed E-state index contributed by atoms with van der Waals surface area (Å²) in [5.74, 6) is 0.0387. The van der Waals surface area contributed by atoms with Gasteiger partial charge < -0.3 is 30.2 Å². The van der Waals surface area contributed by atoms with E-state index in [9.17, 15) is 19.2 Å². The van der Waals surface area contributed by atoms with E-state index in [4.69, 9.17) is 4.84 Å². The lowest BCUT2D eigenvalue weighted by atomic mass is 9.96. The van der Waals surface area contributed by atoms with Crippen molar-refractivity contribution < 1.29 is 24.0 Å². The van der Waals surface area contributed by atoms with Crippen LogP contribution in [0.3, 0.4) is 0 Å². The zero-order valence-electron chi connectivity index (χ0n) is 30.6. The summed E-state index contributed by atoms with van der Waals surface area (Å²) in [6.07, 6.45) is 5.49. The van der Waals surface area contributed by atoms with Crippen molar-refractivity contribution in [1.82, 2.24) is 30.0 Å². The third-order valence-corrected chi connectivity index (χ3v) is 11.3. The summed E-state index contributed by atoms with van der Waals surface area (Å²) in [5.41, 5.74) is 5.58. The van der Waals surface area contributed by atoms with Gasteiger partial charge in [-0.15, -0.1) is 5.06 Å². The van der Waals surface area contributed by atoms with Crippen molar-refractivity contribution in [2.24, 2.45) is 0 Å². The highest BCUT2D eigenvalue weighted by atomic mass is 16.7. The van der Waals surface area contributed by atoms with Gasteiger partial charge in [-0.25, -0.2) is 9.59 Å². The van der Waals surface area contributed by atoms with Gasteiger partial charge in [-0.05, 0) is 73.3 Å². The summed E-state index contributed by atoms with van der Waals surface area (Å²) in [7, 11) is 0. The molecule has 12 heteroatoms. The van der Waals surface area contributed by atoms with Gasteiger partial charge in [0.25, 0.3) is 0 Å². The highest BCUT2D eigenvalue weighted by molar-refractivity contribution is 5.91. The van der Waals surface area contributed by atoms with Crippen LogP contribution < -0.4 is 10.6 Å². The Morgan fingerprint density at radius 3 is 2.20 bits per heavy atom. The van der Waals surface area contributed by atoms with Crippen molar-refractivity contribution in [3.8, 4) is 0 Å². The maximum absolute atomic E-state index is 14.1. The number of benzene rings is 2. The minimum atomic E-state index is -0.759. The molecule has 4 aliphatic rings. The first-order chi connectivity index (χ1) is 24.7. The molecule has 0 radical (unpaired) electrons. The fraction of sp³-hybridized carbons (Fsp3) is 0.590. The number of amides is 5. The van der Waals surface area contributed by atoms with Crippen molar-refractivity contribution in [2.45, 2.75) is 90.3 Å². The Balaban J connectivity index is 1.05. The van der Waals surface area contributed by atoms with Crippen molar-refractivity contribution in [3.63, 3.8) is 0 Å². The van der Waals surface area contributed by atoms with Crippen molar-refractivity contribution in [1.29, 1.82) is 0 Å². The van der Waals surface area contributed by atoms with Gasteiger partial charge in [0, 0.05) is 90.0 Å². The van der Waals surface area contributed by atoms with E-state index in [1.165, 1.54) is 11.1 Å². The highest BCUT2D eigenvalue weighted by Crippen LogP contribution is 2.25. The molecule has 0 aliphatic carbocycles. The third kappa shape index (κ3) is 9.02. The van der Waals surface area contributed by atoms with Crippen LogP contribution in [0.4, 0.5) is 15.3 Å². The van der Waals surface area contributed by atoms with Crippen LogP contribution in [0.25, 0.3) is 0 Å². The maximum atomic E-state index is 14.1. The number of nitrogens with one attached hydrogen (secondary N) is 2. The van der Waals surface area contributed by atoms with Gasteiger partial charge in [0.2, 0.25) is 11.8 Å². The maximum Gasteiger partial charge on any atom is 0.426 e. The van der Waals surface area contributed by atoms with Crippen LogP contribution in [0, 0.1) is 0 Å². The van der Waals surface area contributed by atoms with E-state index in [1.807, 2.05) is 32.9 Å². The topological polar surface area (TPSA) is 118 Å². The number of carbonyl (C=O) groups excluding carboxylic acids is 4. The number of rotatable bonds is 9. The number of nitrogens with zero attached hydrogens (tertiary/aromatic N) is 5. The van der Waals surface area contributed by atoms with Gasteiger partial charge in [0.15, 0.2) is 0 Å². The number of likely N-dealkylation sites (tertiary alicyclic amines) is 1. The van der Waals surface area contributed by atoms with E-state index in [2.05, 4.69) is 53.6 Å². The Kier molecular flexibility index (Phi) is 12.1. The highest BCUT2D eigenvalue weighted by Gasteiger charge is 2.35. The lowest BCUT2D eigenvalue weighted by Crippen LogP contribution is -2.57. The molecule has 4 aliphatic heterocycles. The molecular weight excluding hydrogens is 646 g/mol. The number of hydrogen-bond donors (Lipinski definition) is 2. The molecule has 5 amide bonds. The number of piperidine rings is 2. The second-order valence-electron chi connectivity index (χ2n) is 14.4. The number of fused-ring (bicyclic) bond motifs is 1. The molecule has 1 atom stereocenters. The Hall–Kier alpha value is -4.16. The van der Waals surface area contributed by atoms with Crippen LogP contribution in [0.1, 0.15) is 68.7 Å². The van der Waals surface area contributed by atoms with Gasteiger partial charge >= 0.3 is 12.1 Å². The van der Waals surface area contributed by atoms with E-state index in [1.54, 1.807) is 12.0 Å². The summed E-state index contributed by atoms with van der Waals surface area (Å²) in [5, 5.41) is 7.66. The van der Waals surface area contributed by atoms with Crippen LogP contribution in [0.15, 0.2) is 42.5 Å². The molecular formula is C39H55N7O5. The number of hydrogen-bond acceptors (Lipinski definition) is 7. The van der Waals surface area contributed by atoms with Crippen LogP contribution in [0.2, 0.25) is 0 Å². The first-order valence-electron chi connectivity index (χ1n) is 19.0. The number of carbonyl (C=O) groups is 4. The predicted molar refractivity (Wildman–Crippen MR) is 196 cm³/mol. The SMILES string of the molecule is CCc1ccc(C[C@@H](NC(=O)ON2CCC(N3CCc4ccccc4NC3=O)CC2)C(=O)N2CCC(N3CCN(C(C)=O)CC3)CC2)cc1CC. The molecule has 6 rings (SSSR count). The summed E-state index contributed by atoms with van der Waals surface area (Å²) >= 11 is 0. The van der Waals surface area contributed by atoms with Crippen LogP contribution in [-0.4, -0.2) is 126 Å². The average molecular weight is 702 g/mol. The molecule has 0 aromatic heterocycles. The molecule has 0 spiro atoms. The summed E-state index contributed by atoms with van der Waals surface area (Å²) in [6.45, 7) is 12.0. The molecule has 4 heterocycles. The molecule has 2 N–H and O–H groups in total. The van der Waals surface area contributed by atoms with Crippen LogP contribution in [0.5, 0.6) is 0 Å². The first kappa shape index (κ1) is 36.6. The van der Waals surface area contributed by atoms with Crippen molar-refractivity contribution >= 4 is 29.6 Å². The fourth-order valence-corrected chi connectivity index (χ4v) is 8.26. The molecule has 3 fully saturated rings. The standard InChI is InChI=1S/C39H55N7O5/c1-4-30-11-10-29(26-31(30)5-2)27-36(37(48)44-17-13-33(14-18-44)43-24-22-42(23-25-43)28(3)47)41-39(50)51-45-19-15-34(16-20-45)46-21-12-32-8-6-7-9-35(32)40-38(46)49/h6-11,26,33-34,36H,4-5,12-25,27H2,1-3H3,(H,40,49)(H,41,50)/t36-/m1/s1. The Labute approximate surface area is 302 Å². The summed E-state index contributed by atoms with van der Waals surface area (Å²) in [4.78, 5) is 66.3. The molecule has 3 saturated heterocycles. The first-order valence-corrected chi connectivity index (χ1v) is 19.0. The minimum Gasteiger partial charge on any atom is -0.351 e. The largest absolute Gasteiger partial charge is 0.426 e. The van der Waals surface area contributed by atoms with E-state index < -0.39 is 12.1 Å². The second kappa shape index (κ2) is 16.9. The number of para-hydroxylation sites is 1. The molecule has 2 aromatic rings. The fourth-order valence-electron chi connectivity index (χ4n) is 8.26. The van der Waals surface area contributed by atoms with Gasteiger partial charge in [0.05, 0.1) is 0 Å². The van der Waals surface area contributed by atoms with E-state index >= 15 is 0 Å². The van der Waals surface area contributed by atoms with Crippen molar-refractivity contribution in [2.75, 3.05) is 64.2 Å². The number of piperazine rings is 1. The summed E-state index contributed by atoms with van der Waals surface area (Å²) in [6, 6.07) is 13.9. The quantitative estimate of drug-likeness (QED) is 0.405. The Bertz CT molecular complexity index is 1540. The van der Waals surface area contributed by atoms with Crippen LogP contribution >= 0.6 is 0 Å². The normalized spacial score (nSPS) is 20.3. The number of hydroxylamine groups is 2. The monoisotopic (exact) mass is 701 g/mol. The average Bonchev–Trinajstić information content (AvgIpc) is 3.32. The van der Waals surface area contributed by atoms with E-state index in [0.29, 0.717) is 58.0 Å². The van der Waals surface area contributed by atoms with Gasteiger partial charge in [0.1, 0.15) is 6.04 Å². The lowest BCUT2D eigenvalue weighted by Gasteiger charge is -2.43. The number of urea groups is 1. The summed E-state index contributed by atoms with van der Waals surface area (Å²) < 4.78 is 0. The van der Waals surface area contributed by atoms with E-state index in [0.717, 1.165) is 75.1 Å². The number of aryl methyl sites for hydroxylation is 2. The molecule has 0 bridgehead atoms.